The molecule has 2 aromatic heterocycles. The minimum Gasteiger partial charge on any atom is -0.343 e. The van der Waals surface area contributed by atoms with E-state index in [1.807, 2.05) is 6.07 Å². The van der Waals surface area contributed by atoms with Crippen LogP contribution in [0.3, 0.4) is 0 Å². The molecule has 0 saturated carbocycles. The molecule has 0 radical (unpaired) electrons. The van der Waals surface area contributed by atoms with E-state index in [4.69, 9.17) is 12.2 Å². The van der Waals surface area contributed by atoms with Crippen LogP contribution in [0.1, 0.15) is 31.0 Å². The lowest BCUT2D eigenvalue weighted by Gasteiger charge is -2.08. The number of aryl methyl sites for hydroxylation is 1. The van der Waals surface area contributed by atoms with Gasteiger partial charge in [0.05, 0.1) is 0 Å². The van der Waals surface area contributed by atoms with Crippen LogP contribution >= 0.6 is 23.6 Å². The highest BCUT2D eigenvalue weighted by Gasteiger charge is 2.07. The SMILES string of the molecule is Cc1cscc1-c1nc(=S)cc(C(C)C)[nH]1. The molecule has 0 aliphatic rings. The molecular weight excluding hydrogens is 236 g/mol. The van der Waals surface area contributed by atoms with Crippen molar-refractivity contribution in [1.29, 1.82) is 0 Å². The first-order valence-electron chi connectivity index (χ1n) is 5.22. The topological polar surface area (TPSA) is 28.7 Å². The van der Waals surface area contributed by atoms with Crippen LogP contribution < -0.4 is 0 Å². The third-order valence-corrected chi connectivity index (χ3v) is 3.57. The molecule has 0 amide bonds. The van der Waals surface area contributed by atoms with Gasteiger partial charge in [0.2, 0.25) is 0 Å². The molecule has 0 aliphatic heterocycles. The number of hydrogen-bond donors (Lipinski definition) is 1. The van der Waals surface area contributed by atoms with Crippen molar-refractivity contribution in [3.63, 3.8) is 0 Å². The van der Waals surface area contributed by atoms with E-state index in [2.05, 4.69) is 41.5 Å². The zero-order valence-corrected chi connectivity index (χ0v) is 11.2. The van der Waals surface area contributed by atoms with Crippen molar-refractivity contribution in [3.8, 4) is 11.4 Å². The number of hydrogen-bond acceptors (Lipinski definition) is 3. The first-order chi connectivity index (χ1) is 7.58. The van der Waals surface area contributed by atoms with Crippen LogP contribution in [0.5, 0.6) is 0 Å². The standard InChI is InChI=1S/C12H14N2S2/c1-7(2)10-4-11(15)14-12(13-10)9-6-16-5-8(9)3/h4-7H,1-3H3,(H,13,14,15). The van der Waals surface area contributed by atoms with Gasteiger partial charge in [0.1, 0.15) is 10.5 Å². The Morgan fingerprint density at radius 3 is 2.69 bits per heavy atom. The molecule has 0 aromatic carbocycles. The predicted molar refractivity (Wildman–Crippen MR) is 71.6 cm³/mol. The monoisotopic (exact) mass is 250 g/mol. The second-order valence-electron chi connectivity index (χ2n) is 4.15. The molecule has 0 fully saturated rings. The summed E-state index contributed by atoms with van der Waals surface area (Å²) >= 11 is 6.88. The average Bonchev–Trinajstić information content (AvgIpc) is 2.63. The fraction of sp³-hybridized carbons (Fsp3) is 0.333. The molecule has 0 spiro atoms. The quantitative estimate of drug-likeness (QED) is 0.805. The number of thiophene rings is 1. The summed E-state index contributed by atoms with van der Waals surface area (Å²) in [5.74, 6) is 1.32. The highest BCUT2D eigenvalue weighted by Crippen LogP contribution is 2.24. The van der Waals surface area contributed by atoms with Crippen LogP contribution in [0.25, 0.3) is 11.4 Å². The van der Waals surface area contributed by atoms with Crippen molar-refractivity contribution in [2.24, 2.45) is 0 Å². The molecule has 2 nitrogen and oxygen atoms in total. The van der Waals surface area contributed by atoms with Crippen LogP contribution in [0.15, 0.2) is 16.8 Å². The maximum absolute atomic E-state index is 5.20. The molecule has 84 valence electrons. The molecule has 0 aliphatic carbocycles. The fourth-order valence-corrected chi connectivity index (χ4v) is 2.57. The van der Waals surface area contributed by atoms with Gasteiger partial charge < -0.3 is 4.98 Å². The Kier molecular flexibility index (Phi) is 3.21. The van der Waals surface area contributed by atoms with Gasteiger partial charge in [0.25, 0.3) is 0 Å². The Balaban J connectivity index is 2.58. The number of H-pyrrole nitrogens is 1. The molecule has 0 bridgehead atoms. The van der Waals surface area contributed by atoms with Gasteiger partial charge in [-0.15, -0.1) is 0 Å². The van der Waals surface area contributed by atoms with E-state index in [1.54, 1.807) is 11.3 Å². The minimum absolute atomic E-state index is 0.433. The van der Waals surface area contributed by atoms with Crippen molar-refractivity contribution in [2.45, 2.75) is 26.7 Å². The third kappa shape index (κ3) is 2.23. The van der Waals surface area contributed by atoms with Gasteiger partial charge >= 0.3 is 0 Å². The van der Waals surface area contributed by atoms with E-state index in [0.717, 1.165) is 17.1 Å². The molecule has 2 heterocycles. The summed E-state index contributed by atoms with van der Waals surface area (Å²) in [6, 6.07) is 1.94. The van der Waals surface area contributed by atoms with Crippen LogP contribution in [-0.4, -0.2) is 9.97 Å². The van der Waals surface area contributed by atoms with Crippen LogP contribution in [0, 0.1) is 11.6 Å². The normalized spacial score (nSPS) is 11.0. The Labute approximate surface area is 104 Å². The molecule has 2 rings (SSSR count). The van der Waals surface area contributed by atoms with Crippen LogP contribution in [0.4, 0.5) is 0 Å². The zero-order valence-electron chi connectivity index (χ0n) is 9.57. The first-order valence-corrected chi connectivity index (χ1v) is 6.57. The van der Waals surface area contributed by atoms with Gasteiger partial charge in [-0.25, -0.2) is 4.98 Å². The van der Waals surface area contributed by atoms with Gasteiger partial charge in [-0.05, 0) is 29.9 Å². The Morgan fingerprint density at radius 2 is 2.12 bits per heavy atom. The van der Waals surface area contributed by atoms with Gasteiger partial charge in [-0.2, -0.15) is 11.3 Å². The first kappa shape index (κ1) is 11.5. The lowest BCUT2D eigenvalue weighted by molar-refractivity contribution is 0.815. The largest absolute Gasteiger partial charge is 0.343 e. The maximum Gasteiger partial charge on any atom is 0.140 e. The van der Waals surface area contributed by atoms with E-state index in [-0.39, 0.29) is 0 Å². The Bertz CT molecular complexity index is 552. The average molecular weight is 250 g/mol. The number of aromatic amines is 1. The molecule has 2 aromatic rings. The highest BCUT2D eigenvalue weighted by atomic mass is 32.1. The van der Waals surface area contributed by atoms with Crippen molar-refractivity contribution in [1.82, 2.24) is 9.97 Å². The highest BCUT2D eigenvalue weighted by molar-refractivity contribution is 7.71. The smallest absolute Gasteiger partial charge is 0.140 e. The number of nitrogens with zero attached hydrogens (tertiary/aromatic N) is 1. The van der Waals surface area contributed by atoms with Crippen molar-refractivity contribution in [3.05, 3.63) is 32.7 Å². The van der Waals surface area contributed by atoms with E-state index in [1.165, 1.54) is 5.56 Å². The van der Waals surface area contributed by atoms with Crippen molar-refractivity contribution in [2.75, 3.05) is 0 Å². The summed E-state index contributed by atoms with van der Waals surface area (Å²) in [5, 5.41) is 4.23. The van der Waals surface area contributed by atoms with Crippen LogP contribution in [0.2, 0.25) is 0 Å². The summed E-state index contributed by atoms with van der Waals surface area (Å²) in [5.41, 5.74) is 3.53. The molecule has 0 atom stereocenters. The molecule has 4 heteroatoms. The Hall–Kier alpha value is -1.00. The fourth-order valence-electron chi connectivity index (χ4n) is 1.52. The van der Waals surface area contributed by atoms with Gasteiger partial charge in [0.15, 0.2) is 0 Å². The minimum atomic E-state index is 0.433. The van der Waals surface area contributed by atoms with Gasteiger partial charge in [-0.1, -0.05) is 26.1 Å². The van der Waals surface area contributed by atoms with Crippen molar-refractivity contribution < 1.29 is 0 Å². The molecule has 0 unspecified atom stereocenters. The predicted octanol–water partition coefficient (Wildman–Crippen LogP) is 4.30. The number of rotatable bonds is 2. The summed E-state index contributed by atoms with van der Waals surface area (Å²) in [4.78, 5) is 7.74. The van der Waals surface area contributed by atoms with Crippen LogP contribution in [-0.2, 0) is 0 Å². The molecule has 16 heavy (non-hydrogen) atoms. The summed E-state index contributed by atoms with van der Waals surface area (Å²) < 4.78 is 0.656. The van der Waals surface area contributed by atoms with E-state index < -0.39 is 0 Å². The van der Waals surface area contributed by atoms with Crippen molar-refractivity contribution >= 4 is 23.6 Å². The molecule has 1 N–H and O–H groups in total. The molecule has 0 saturated heterocycles. The summed E-state index contributed by atoms with van der Waals surface area (Å²) in [6.07, 6.45) is 0. The third-order valence-electron chi connectivity index (χ3n) is 2.50. The number of nitrogens with one attached hydrogen (secondary N) is 1. The summed E-state index contributed by atoms with van der Waals surface area (Å²) in [6.45, 7) is 6.38. The lowest BCUT2D eigenvalue weighted by Crippen LogP contribution is -1.97. The summed E-state index contributed by atoms with van der Waals surface area (Å²) in [7, 11) is 0. The maximum atomic E-state index is 5.20. The second-order valence-corrected chi connectivity index (χ2v) is 5.31. The lowest BCUT2D eigenvalue weighted by atomic mass is 10.1. The second kappa shape index (κ2) is 4.47. The van der Waals surface area contributed by atoms with Gasteiger partial charge in [0, 0.05) is 16.6 Å². The number of aromatic nitrogens is 2. The Morgan fingerprint density at radius 1 is 1.38 bits per heavy atom. The van der Waals surface area contributed by atoms with Gasteiger partial charge in [-0.3, -0.25) is 0 Å². The van der Waals surface area contributed by atoms with E-state index in [0.29, 0.717) is 10.6 Å². The van der Waals surface area contributed by atoms with E-state index >= 15 is 0 Å². The molecular formula is C12H14N2S2. The van der Waals surface area contributed by atoms with E-state index in [9.17, 15) is 0 Å². The zero-order chi connectivity index (χ0) is 11.7.